The fraction of sp³-hybridized carbons (Fsp3) is 0.300. The summed E-state index contributed by atoms with van der Waals surface area (Å²) in [5, 5.41) is 3.13. The van der Waals surface area contributed by atoms with E-state index in [4.69, 9.17) is 4.98 Å². The molecule has 3 heterocycles. The maximum atomic E-state index is 12.4. The molecular formula is C20H21N5O. The molecule has 1 unspecified atom stereocenters. The molecule has 1 aromatic carbocycles. The van der Waals surface area contributed by atoms with Crippen LogP contribution in [-0.2, 0) is 0 Å². The molecule has 26 heavy (non-hydrogen) atoms. The largest absolute Gasteiger partial charge is 0.353 e. The number of carbonyl (C=O) groups excluding carboxylic acids is 1. The minimum atomic E-state index is -0.0550. The van der Waals surface area contributed by atoms with Crippen molar-refractivity contribution in [2.45, 2.75) is 25.8 Å². The van der Waals surface area contributed by atoms with Gasteiger partial charge in [0.15, 0.2) is 5.82 Å². The van der Waals surface area contributed by atoms with Crippen molar-refractivity contribution in [3.63, 3.8) is 0 Å². The Morgan fingerprint density at radius 3 is 2.62 bits per heavy atom. The Bertz CT molecular complexity index is 928. The highest BCUT2D eigenvalue weighted by Crippen LogP contribution is 2.23. The second-order valence-corrected chi connectivity index (χ2v) is 6.62. The van der Waals surface area contributed by atoms with Gasteiger partial charge in [-0.25, -0.2) is 9.97 Å². The minimum Gasteiger partial charge on any atom is -0.353 e. The highest BCUT2D eigenvalue weighted by molar-refractivity contribution is 5.94. The Balaban J connectivity index is 1.52. The van der Waals surface area contributed by atoms with E-state index >= 15 is 0 Å². The van der Waals surface area contributed by atoms with Gasteiger partial charge in [-0.15, -0.1) is 0 Å². The second kappa shape index (κ2) is 7.07. The Labute approximate surface area is 152 Å². The van der Waals surface area contributed by atoms with Crippen molar-refractivity contribution >= 4 is 22.8 Å². The van der Waals surface area contributed by atoms with Crippen LogP contribution in [0.2, 0.25) is 0 Å². The summed E-state index contributed by atoms with van der Waals surface area (Å²) in [7, 11) is 0. The molecule has 1 N–H and O–H groups in total. The molecule has 1 aliphatic heterocycles. The van der Waals surface area contributed by atoms with Crippen LogP contribution in [0.5, 0.6) is 0 Å². The quantitative estimate of drug-likeness (QED) is 0.789. The van der Waals surface area contributed by atoms with Crippen LogP contribution in [-0.4, -0.2) is 40.0 Å². The van der Waals surface area contributed by atoms with Crippen molar-refractivity contribution in [2.75, 3.05) is 18.0 Å². The standard InChI is InChI=1S/C20H21N5O/c1-14-19(24-18-7-3-2-6-17(18)22-14)25-12-4-5-16(13-25)23-20(26)15-8-10-21-11-9-15/h2-3,6-11,16H,4-5,12-13H2,1H3,(H,23,26). The van der Waals surface area contributed by atoms with Gasteiger partial charge in [0.05, 0.1) is 16.7 Å². The molecule has 3 aromatic rings. The van der Waals surface area contributed by atoms with Crippen LogP contribution in [0.25, 0.3) is 11.0 Å². The third-order valence-corrected chi connectivity index (χ3v) is 4.72. The van der Waals surface area contributed by atoms with Crippen molar-refractivity contribution in [2.24, 2.45) is 0 Å². The Hall–Kier alpha value is -3.02. The minimum absolute atomic E-state index is 0.0550. The van der Waals surface area contributed by atoms with E-state index in [0.29, 0.717) is 5.56 Å². The van der Waals surface area contributed by atoms with Crippen molar-refractivity contribution in [3.05, 3.63) is 60.0 Å². The number of aromatic nitrogens is 3. The number of anilines is 1. The third-order valence-electron chi connectivity index (χ3n) is 4.72. The molecular weight excluding hydrogens is 326 g/mol. The average molecular weight is 347 g/mol. The third kappa shape index (κ3) is 3.35. The van der Waals surface area contributed by atoms with Crippen molar-refractivity contribution in [1.82, 2.24) is 20.3 Å². The first-order chi connectivity index (χ1) is 12.7. The number of aryl methyl sites for hydroxylation is 1. The van der Waals surface area contributed by atoms with Crippen LogP contribution in [0.3, 0.4) is 0 Å². The molecule has 1 aliphatic rings. The SMILES string of the molecule is Cc1nc2ccccc2nc1N1CCCC(NC(=O)c2ccncc2)C1. The Morgan fingerprint density at radius 1 is 1.12 bits per heavy atom. The lowest BCUT2D eigenvalue weighted by molar-refractivity contribution is 0.0933. The summed E-state index contributed by atoms with van der Waals surface area (Å²) in [6.07, 6.45) is 5.24. The summed E-state index contributed by atoms with van der Waals surface area (Å²) in [5.41, 5.74) is 3.37. The molecule has 4 rings (SSSR count). The molecule has 132 valence electrons. The predicted molar refractivity (Wildman–Crippen MR) is 101 cm³/mol. The van der Waals surface area contributed by atoms with Gasteiger partial charge in [-0.2, -0.15) is 0 Å². The molecule has 1 fully saturated rings. The summed E-state index contributed by atoms with van der Waals surface area (Å²) in [5.74, 6) is 0.854. The van der Waals surface area contributed by atoms with Crippen LogP contribution in [0, 0.1) is 6.92 Å². The van der Waals surface area contributed by atoms with Crippen LogP contribution in [0.4, 0.5) is 5.82 Å². The van der Waals surface area contributed by atoms with E-state index in [2.05, 4.69) is 20.2 Å². The molecule has 0 radical (unpaired) electrons. The maximum Gasteiger partial charge on any atom is 0.251 e. The zero-order valence-corrected chi connectivity index (χ0v) is 14.7. The smallest absolute Gasteiger partial charge is 0.251 e. The van der Waals surface area contributed by atoms with Crippen LogP contribution in [0.15, 0.2) is 48.8 Å². The zero-order valence-electron chi connectivity index (χ0n) is 14.7. The maximum absolute atomic E-state index is 12.4. The first-order valence-corrected chi connectivity index (χ1v) is 8.90. The molecule has 0 aliphatic carbocycles. The van der Waals surface area contributed by atoms with Gasteiger partial charge in [0, 0.05) is 37.1 Å². The number of fused-ring (bicyclic) bond motifs is 1. The number of hydrogen-bond donors (Lipinski definition) is 1. The summed E-state index contributed by atoms with van der Waals surface area (Å²) in [6.45, 7) is 3.66. The summed E-state index contributed by atoms with van der Waals surface area (Å²) in [4.78, 5) is 28.1. The van der Waals surface area contributed by atoms with Crippen LogP contribution < -0.4 is 10.2 Å². The van der Waals surface area contributed by atoms with Gasteiger partial charge in [0.25, 0.3) is 5.91 Å². The number of carbonyl (C=O) groups is 1. The lowest BCUT2D eigenvalue weighted by Crippen LogP contribution is -2.48. The van der Waals surface area contributed by atoms with E-state index in [-0.39, 0.29) is 11.9 Å². The number of rotatable bonds is 3. The topological polar surface area (TPSA) is 71.0 Å². The molecule has 1 atom stereocenters. The van der Waals surface area contributed by atoms with Gasteiger partial charge in [-0.1, -0.05) is 12.1 Å². The molecule has 1 saturated heterocycles. The van der Waals surface area contributed by atoms with Crippen molar-refractivity contribution in [1.29, 1.82) is 0 Å². The fourth-order valence-corrected chi connectivity index (χ4v) is 3.44. The van der Waals surface area contributed by atoms with Gasteiger partial charge in [0.1, 0.15) is 0 Å². The number of amides is 1. The highest BCUT2D eigenvalue weighted by atomic mass is 16.1. The first-order valence-electron chi connectivity index (χ1n) is 8.90. The van der Waals surface area contributed by atoms with Gasteiger partial charge in [-0.05, 0) is 44.0 Å². The van der Waals surface area contributed by atoms with Gasteiger partial charge < -0.3 is 10.2 Å². The average Bonchev–Trinajstić information content (AvgIpc) is 2.68. The van der Waals surface area contributed by atoms with Crippen LogP contribution >= 0.6 is 0 Å². The number of nitrogens with zero attached hydrogens (tertiary/aromatic N) is 4. The number of nitrogens with one attached hydrogen (secondary N) is 1. The normalized spacial score (nSPS) is 17.3. The predicted octanol–water partition coefficient (Wildman–Crippen LogP) is 2.73. The van der Waals surface area contributed by atoms with Crippen molar-refractivity contribution < 1.29 is 4.79 Å². The van der Waals surface area contributed by atoms with Crippen molar-refractivity contribution in [3.8, 4) is 0 Å². The summed E-state index contributed by atoms with van der Waals surface area (Å²) >= 11 is 0. The number of hydrogen-bond acceptors (Lipinski definition) is 5. The van der Waals surface area contributed by atoms with Gasteiger partial charge in [0.2, 0.25) is 0 Å². The zero-order chi connectivity index (χ0) is 17.9. The summed E-state index contributed by atoms with van der Waals surface area (Å²) in [6, 6.07) is 11.5. The second-order valence-electron chi connectivity index (χ2n) is 6.62. The molecule has 1 amide bonds. The van der Waals surface area contributed by atoms with E-state index in [1.807, 2.05) is 31.2 Å². The van der Waals surface area contributed by atoms with Gasteiger partial charge >= 0.3 is 0 Å². The molecule has 2 aromatic heterocycles. The summed E-state index contributed by atoms with van der Waals surface area (Å²) < 4.78 is 0. The lowest BCUT2D eigenvalue weighted by Gasteiger charge is -2.34. The fourth-order valence-electron chi connectivity index (χ4n) is 3.44. The number of para-hydroxylation sites is 2. The molecule has 6 heteroatoms. The molecule has 0 saturated carbocycles. The van der Waals surface area contributed by atoms with Gasteiger partial charge in [-0.3, -0.25) is 9.78 Å². The Morgan fingerprint density at radius 2 is 1.85 bits per heavy atom. The van der Waals surface area contributed by atoms with E-state index in [1.165, 1.54) is 0 Å². The first kappa shape index (κ1) is 16.4. The monoisotopic (exact) mass is 347 g/mol. The Kier molecular flexibility index (Phi) is 4.48. The van der Waals surface area contributed by atoms with E-state index in [9.17, 15) is 4.79 Å². The van der Waals surface area contributed by atoms with E-state index < -0.39 is 0 Å². The molecule has 0 bridgehead atoms. The number of pyridine rings is 1. The van der Waals surface area contributed by atoms with Crippen LogP contribution in [0.1, 0.15) is 28.9 Å². The van der Waals surface area contributed by atoms with E-state index in [1.54, 1.807) is 24.5 Å². The molecule has 0 spiro atoms. The number of benzene rings is 1. The lowest BCUT2D eigenvalue weighted by atomic mass is 10.0. The number of piperidine rings is 1. The highest BCUT2D eigenvalue weighted by Gasteiger charge is 2.24. The van der Waals surface area contributed by atoms with E-state index in [0.717, 1.165) is 48.5 Å². The molecule has 6 nitrogen and oxygen atoms in total.